The fourth-order valence-electron chi connectivity index (χ4n) is 3.64. The Hall–Kier alpha value is -3.03. The van der Waals surface area contributed by atoms with E-state index < -0.39 is 5.54 Å². The van der Waals surface area contributed by atoms with Crippen molar-refractivity contribution in [2.45, 2.75) is 45.1 Å². The van der Waals surface area contributed by atoms with Gasteiger partial charge in [0.05, 0.1) is 23.1 Å². The van der Waals surface area contributed by atoms with Gasteiger partial charge in [-0.15, -0.1) is 0 Å². The molecule has 0 spiro atoms. The number of benzene rings is 1. The first-order valence-electron chi connectivity index (χ1n) is 8.92. The Morgan fingerprint density at radius 2 is 1.93 bits per heavy atom. The first kappa shape index (κ1) is 17.4. The topological polar surface area (TPSA) is 85.8 Å². The van der Waals surface area contributed by atoms with Gasteiger partial charge < -0.3 is 9.84 Å². The second-order valence-electron chi connectivity index (χ2n) is 6.91. The summed E-state index contributed by atoms with van der Waals surface area (Å²) in [4.78, 5) is 17.3. The first-order chi connectivity index (χ1) is 13.0. The average molecular weight is 369 g/mol. The summed E-state index contributed by atoms with van der Waals surface area (Å²) in [5.74, 6) is 0.450. The largest absolute Gasteiger partial charge is 0.340 e. The van der Waals surface area contributed by atoms with Crippen LogP contribution in [-0.2, 0) is 5.54 Å². The molecule has 140 valence electrons. The minimum Gasteiger partial charge on any atom is -0.340 e. The molecule has 1 aromatic carbocycles. The zero-order valence-corrected chi connectivity index (χ0v) is 15.2. The van der Waals surface area contributed by atoms with Crippen molar-refractivity contribution in [3.63, 3.8) is 0 Å². The fraction of sp³-hybridized carbons (Fsp3) is 0.368. The number of carbonyl (C=O) groups is 1. The number of aromatic nitrogens is 4. The second kappa shape index (κ2) is 6.61. The van der Waals surface area contributed by atoms with Crippen molar-refractivity contribution in [1.82, 2.24) is 25.2 Å². The lowest BCUT2D eigenvalue weighted by Gasteiger charge is -2.26. The molecule has 0 unspecified atom stereocenters. The van der Waals surface area contributed by atoms with Crippen molar-refractivity contribution < 1.29 is 13.7 Å². The van der Waals surface area contributed by atoms with Gasteiger partial charge in [-0.05, 0) is 44.0 Å². The van der Waals surface area contributed by atoms with E-state index in [4.69, 9.17) is 4.52 Å². The van der Waals surface area contributed by atoms with E-state index in [1.807, 2.05) is 6.92 Å². The summed E-state index contributed by atoms with van der Waals surface area (Å²) in [5.41, 5.74) is 1.22. The lowest BCUT2D eigenvalue weighted by Crippen LogP contribution is -2.44. The normalized spacial score (nSPS) is 15.8. The standard InChI is InChI=1S/C19H20FN5O2/c1-12-16(11-21-25(12)15-7-5-14(20)6-8-15)17(26)23-19(9-3-4-10-19)18-22-13(2)27-24-18/h5-8,11H,3-4,9-10H2,1-2H3,(H,23,26). The van der Waals surface area contributed by atoms with E-state index in [1.54, 1.807) is 23.7 Å². The summed E-state index contributed by atoms with van der Waals surface area (Å²) in [7, 11) is 0. The maximum Gasteiger partial charge on any atom is 0.255 e. The zero-order chi connectivity index (χ0) is 19.0. The molecule has 4 rings (SSSR count). The van der Waals surface area contributed by atoms with Crippen LogP contribution in [0, 0.1) is 19.7 Å². The average Bonchev–Trinajstić information content (AvgIpc) is 3.37. The predicted octanol–water partition coefficient (Wildman–Crippen LogP) is 3.21. The molecule has 0 atom stereocenters. The van der Waals surface area contributed by atoms with Crippen LogP contribution < -0.4 is 5.32 Å². The van der Waals surface area contributed by atoms with Crippen LogP contribution in [-0.4, -0.2) is 25.8 Å². The molecule has 1 amide bonds. The maximum atomic E-state index is 13.2. The monoisotopic (exact) mass is 369 g/mol. The number of aryl methyl sites for hydroxylation is 1. The third kappa shape index (κ3) is 3.11. The molecule has 0 aliphatic heterocycles. The van der Waals surface area contributed by atoms with Crippen LogP contribution in [0.5, 0.6) is 0 Å². The van der Waals surface area contributed by atoms with E-state index in [0.29, 0.717) is 28.7 Å². The van der Waals surface area contributed by atoms with Crippen LogP contribution in [0.4, 0.5) is 4.39 Å². The van der Waals surface area contributed by atoms with Crippen LogP contribution in [0.25, 0.3) is 5.69 Å². The molecular weight excluding hydrogens is 349 g/mol. The van der Waals surface area contributed by atoms with E-state index in [1.165, 1.54) is 18.3 Å². The molecule has 7 nitrogen and oxygen atoms in total. The lowest BCUT2D eigenvalue weighted by atomic mass is 9.96. The van der Waals surface area contributed by atoms with Crippen molar-refractivity contribution in [1.29, 1.82) is 0 Å². The highest BCUT2D eigenvalue weighted by Crippen LogP contribution is 2.37. The van der Waals surface area contributed by atoms with Gasteiger partial charge in [-0.2, -0.15) is 10.1 Å². The van der Waals surface area contributed by atoms with Crippen molar-refractivity contribution >= 4 is 5.91 Å². The number of hydrogen-bond donors (Lipinski definition) is 1. The Morgan fingerprint density at radius 3 is 2.56 bits per heavy atom. The van der Waals surface area contributed by atoms with Crippen molar-refractivity contribution in [2.24, 2.45) is 0 Å². The van der Waals surface area contributed by atoms with E-state index in [9.17, 15) is 9.18 Å². The molecule has 2 heterocycles. The third-order valence-electron chi connectivity index (χ3n) is 5.09. The molecule has 1 saturated carbocycles. The molecule has 1 aliphatic carbocycles. The first-order valence-corrected chi connectivity index (χ1v) is 8.92. The van der Waals surface area contributed by atoms with Crippen molar-refractivity contribution in [2.75, 3.05) is 0 Å². The summed E-state index contributed by atoms with van der Waals surface area (Å²) in [6, 6.07) is 5.97. The molecule has 2 aromatic heterocycles. The molecule has 8 heteroatoms. The van der Waals surface area contributed by atoms with E-state index in [-0.39, 0.29) is 11.7 Å². The second-order valence-corrected chi connectivity index (χ2v) is 6.91. The van der Waals surface area contributed by atoms with Gasteiger partial charge in [-0.3, -0.25) is 4.79 Å². The molecule has 3 aromatic rings. The van der Waals surface area contributed by atoms with E-state index in [2.05, 4.69) is 20.6 Å². The van der Waals surface area contributed by atoms with Gasteiger partial charge in [0, 0.05) is 6.92 Å². The molecular formula is C19H20FN5O2. The quantitative estimate of drug-likeness (QED) is 0.763. The number of halogens is 1. The zero-order valence-electron chi connectivity index (χ0n) is 15.2. The molecule has 0 bridgehead atoms. The highest BCUT2D eigenvalue weighted by molar-refractivity contribution is 5.95. The number of amides is 1. The molecule has 0 saturated heterocycles. The smallest absolute Gasteiger partial charge is 0.255 e. The van der Waals surface area contributed by atoms with Gasteiger partial charge in [0.2, 0.25) is 5.89 Å². The van der Waals surface area contributed by atoms with Gasteiger partial charge >= 0.3 is 0 Å². The number of rotatable bonds is 4. The molecule has 1 N–H and O–H groups in total. The minimum atomic E-state index is -0.612. The molecule has 0 radical (unpaired) electrons. The van der Waals surface area contributed by atoms with Gasteiger partial charge in [0.15, 0.2) is 5.82 Å². The Kier molecular flexibility index (Phi) is 4.25. The number of nitrogens with zero attached hydrogens (tertiary/aromatic N) is 4. The van der Waals surface area contributed by atoms with Gasteiger partial charge in [-0.25, -0.2) is 9.07 Å². The highest BCUT2D eigenvalue weighted by Gasteiger charge is 2.41. The van der Waals surface area contributed by atoms with Crippen LogP contribution in [0.15, 0.2) is 35.0 Å². The number of carbonyl (C=O) groups excluding carboxylic acids is 1. The van der Waals surface area contributed by atoms with Crippen LogP contribution >= 0.6 is 0 Å². The van der Waals surface area contributed by atoms with Gasteiger partial charge in [-0.1, -0.05) is 18.0 Å². The van der Waals surface area contributed by atoms with Gasteiger partial charge in [0.25, 0.3) is 5.91 Å². The molecule has 27 heavy (non-hydrogen) atoms. The van der Waals surface area contributed by atoms with E-state index in [0.717, 1.165) is 25.7 Å². The third-order valence-corrected chi connectivity index (χ3v) is 5.09. The van der Waals surface area contributed by atoms with Gasteiger partial charge in [0.1, 0.15) is 11.4 Å². The SMILES string of the molecule is Cc1nc(C2(NC(=O)c3cnn(-c4ccc(F)cc4)c3C)CCCC2)no1. The fourth-order valence-corrected chi connectivity index (χ4v) is 3.64. The highest BCUT2D eigenvalue weighted by atomic mass is 19.1. The maximum absolute atomic E-state index is 13.2. The minimum absolute atomic E-state index is 0.231. The summed E-state index contributed by atoms with van der Waals surface area (Å²) in [5, 5.41) is 11.5. The molecule has 1 fully saturated rings. The summed E-state index contributed by atoms with van der Waals surface area (Å²) < 4.78 is 19.9. The Labute approximate surface area is 155 Å². The Balaban J connectivity index is 1.62. The van der Waals surface area contributed by atoms with Crippen LogP contribution in [0.2, 0.25) is 0 Å². The summed E-state index contributed by atoms with van der Waals surface area (Å²) in [6.07, 6.45) is 5.03. The van der Waals surface area contributed by atoms with Crippen LogP contribution in [0.3, 0.4) is 0 Å². The summed E-state index contributed by atoms with van der Waals surface area (Å²) in [6.45, 7) is 3.54. The van der Waals surface area contributed by atoms with Crippen molar-refractivity contribution in [3.05, 3.63) is 59.3 Å². The number of nitrogens with one attached hydrogen (secondary N) is 1. The Bertz CT molecular complexity index is 970. The van der Waals surface area contributed by atoms with Crippen LogP contribution in [0.1, 0.15) is 53.5 Å². The Morgan fingerprint density at radius 1 is 1.22 bits per heavy atom. The summed E-state index contributed by atoms with van der Waals surface area (Å²) >= 11 is 0. The van der Waals surface area contributed by atoms with E-state index >= 15 is 0 Å². The number of hydrogen-bond acceptors (Lipinski definition) is 5. The predicted molar refractivity (Wildman–Crippen MR) is 94.9 cm³/mol. The molecule has 1 aliphatic rings. The lowest BCUT2D eigenvalue weighted by molar-refractivity contribution is 0.0891. The van der Waals surface area contributed by atoms with Crippen molar-refractivity contribution in [3.8, 4) is 5.69 Å².